The molecule has 0 aromatic heterocycles. The lowest BCUT2D eigenvalue weighted by Crippen LogP contribution is -2.51. The van der Waals surface area contributed by atoms with E-state index in [0.717, 1.165) is 52.1 Å². The molecule has 0 radical (unpaired) electrons. The molecule has 1 saturated heterocycles. The molecule has 0 aromatic rings. The summed E-state index contributed by atoms with van der Waals surface area (Å²) < 4.78 is 0. The van der Waals surface area contributed by atoms with Crippen LogP contribution in [-0.2, 0) is 4.79 Å². The minimum absolute atomic E-state index is 0.307. The molecular weight excluding hydrogens is 238 g/mol. The third-order valence-electron chi connectivity index (χ3n) is 4.58. The highest BCUT2D eigenvalue weighted by molar-refractivity contribution is 5.79. The SMILES string of the molecule is NCCN1CCN(C(=O)C2CCCCCCC2)CC1. The number of hydrogen-bond acceptors (Lipinski definition) is 3. The van der Waals surface area contributed by atoms with Gasteiger partial charge in [-0.1, -0.05) is 32.1 Å². The van der Waals surface area contributed by atoms with Crippen LogP contribution in [0.3, 0.4) is 0 Å². The number of rotatable bonds is 3. The second kappa shape index (κ2) is 7.85. The molecule has 0 atom stereocenters. The highest BCUT2D eigenvalue weighted by atomic mass is 16.2. The summed E-state index contributed by atoms with van der Waals surface area (Å²) in [5.74, 6) is 0.732. The van der Waals surface area contributed by atoms with Crippen LogP contribution in [0.2, 0.25) is 0 Å². The zero-order valence-corrected chi connectivity index (χ0v) is 12.1. The molecule has 0 bridgehead atoms. The summed E-state index contributed by atoms with van der Waals surface area (Å²) in [6.07, 6.45) is 8.69. The Morgan fingerprint density at radius 1 is 0.947 bits per heavy atom. The van der Waals surface area contributed by atoms with Crippen LogP contribution in [0.5, 0.6) is 0 Å². The molecule has 1 amide bonds. The number of carbonyl (C=O) groups is 1. The van der Waals surface area contributed by atoms with Crippen molar-refractivity contribution < 1.29 is 4.79 Å². The summed E-state index contributed by atoms with van der Waals surface area (Å²) in [5.41, 5.74) is 5.58. The number of carbonyl (C=O) groups excluding carboxylic acids is 1. The minimum atomic E-state index is 0.307. The van der Waals surface area contributed by atoms with Crippen molar-refractivity contribution in [3.05, 3.63) is 0 Å². The molecule has 1 aliphatic carbocycles. The molecule has 19 heavy (non-hydrogen) atoms. The van der Waals surface area contributed by atoms with Gasteiger partial charge in [0.25, 0.3) is 0 Å². The third-order valence-corrected chi connectivity index (χ3v) is 4.58. The van der Waals surface area contributed by atoms with Crippen molar-refractivity contribution in [3.8, 4) is 0 Å². The van der Waals surface area contributed by atoms with Crippen molar-refractivity contribution in [2.45, 2.75) is 44.9 Å². The summed E-state index contributed by atoms with van der Waals surface area (Å²) in [6.45, 7) is 5.47. The molecule has 1 aliphatic heterocycles. The van der Waals surface area contributed by atoms with Gasteiger partial charge in [-0.3, -0.25) is 9.69 Å². The summed E-state index contributed by atoms with van der Waals surface area (Å²) in [4.78, 5) is 17.0. The first-order valence-electron chi connectivity index (χ1n) is 8.02. The Bertz CT molecular complexity index is 267. The lowest BCUT2D eigenvalue weighted by Gasteiger charge is -2.36. The van der Waals surface area contributed by atoms with Crippen LogP contribution in [0.15, 0.2) is 0 Å². The molecule has 2 aliphatic rings. The number of hydrogen-bond donors (Lipinski definition) is 1. The highest BCUT2D eigenvalue weighted by Gasteiger charge is 2.27. The van der Waals surface area contributed by atoms with Gasteiger partial charge in [0.05, 0.1) is 0 Å². The van der Waals surface area contributed by atoms with Crippen LogP contribution in [0.25, 0.3) is 0 Å². The van der Waals surface area contributed by atoms with Gasteiger partial charge in [0.15, 0.2) is 0 Å². The summed E-state index contributed by atoms with van der Waals surface area (Å²) in [6, 6.07) is 0. The van der Waals surface area contributed by atoms with Crippen LogP contribution in [0, 0.1) is 5.92 Å². The average Bonchev–Trinajstić information content (AvgIpc) is 2.39. The molecule has 2 fully saturated rings. The van der Waals surface area contributed by atoms with E-state index in [1.807, 2.05) is 0 Å². The normalized spacial score (nSPS) is 23.9. The number of amides is 1. The van der Waals surface area contributed by atoms with Gasteiger partial charge in [-0.05, 0) is 12.8 Å². The van der Waals surface area contributed by atoms with E-state index in [2.05, 4.69) is 9.80 Å². The monoisotopic (exact) mass is 267 g/mol. The Labute approximate surface area is 117 Å². The predicted octanol–water partition coefficient (Wildman–Crippen LogP) is 1.45. The zero-order valence-electron chi connectivity index (χ0n) is 12.1. The van der Waals surface area contributed by atoms with Crippen molar-refractivity contribution in [1.82, 2.24) is 9.80 Å². The van der Waals surface area contributed by atoms with Crippen LogP contribution in [0.4, 0.5) is 0 Å². The van der Waals surface area contributed by atoms with Gasteiger partial charge >= 0.3 is 0 Å². The van der Waals surface area contributed by atoms with E-state index in [9.17, 15) is 4.79 Å². The Morgan fingerprint density at radius 3 is 2.11 bits per heavy atom. The van der Waals surface area contributed by atoms with Crippen LogP contribution < -0.4 is 5.73 Å². The molecule has 1 heterocycles. The maximum absolute atomic E-state index is 12.6. The fraction of sp³-hybridized carbons (Fsp3) is 0.933. The van der Waals surface area contributed by atoms with E-state index in [0.29, 0.717) is 11.8 Å². The highest BCUT2D eigenvalue weighted by Crippen LogP contribution is 2.24. The summed E-state index contributed by atoms with van der Waals surface area (Å²) in [7, 11) is 0. The second-order valence-electron chi connectivity index (χ2n) is 6.00. The van der Waals surface area contributed by atoms with Crippen LogP contribution >= 0.6 is 0 Å². The van der Waals surface area contributed by atoms with E-state index in [4.69, 9.17) is 5.73 Å². The summed E-state index contributed by atoms with van der Waals surface area (Å²) in [5, 5.41) is 0. The molecular formula is C15H29N3O. The second-order valence-corrected chi connectivity index (χ2v) is 6.00. The molecule has 2 rings (SSSR count). The predicted molar refractivity (Wildman–Crippen MR) is 77.9 cm³/mol. The van der Waals surface area contributed by atoms with Gasteiger partial charge in [0.1, 0.15) is 0 Å². The van der Waals surface area contributed by atoms with Gasteiger partial charge in [-0.2, -0.15) is 0 Å². The molecule has 110 valence electrons. The number of nitrogens with two attached hydrogens (primary N) is 1. The fourth-order valence-electron chi connectivity index (χ4n) is 3.34. The lowest BCUT2D eigenvalue weighted by molar-refractivity contribution is -0.138. The topological polar surface area (TPSA) is 49.6 Å². The van der Waals surface area contributed by atoms with Gasteiger partial charge in [0.2, 0.25) is 5.91 Å². The van der Waals surface area contributed by atoms with Gasteiger partial charge in [0, 0.05) is 45.2 Å². The standard InChI is InChI=1S/C15H29N3O/c16-8-9-17-10-12-18(13-11-17)15(19)14-6-4-2-1-3-5-7-14/h14H,1-13,16H2. The van der Waals surface area contributed by atoms with E-state index < -0.39 is 0 Å². The molecule has 0 aromatic carbocycles. The molecule has 0 spiro atoms. The van der Waals surface area contributed by atoms with Crippen molar-refractivity contribution in [2.75, 3.05) is 39.3 Å². The number of piperazine rings is 1. The molecule has 4 heteroatoms. The van der Waals surface area contributed by atoms with Gasteiger partial charge in [-0.15, -0.1) is 0 Å². The Balaban J connectivity index is 1.79. The maximum atomic E-state index is 12.6. The first-order chi connectivity index (χ1) is 9.31. The lowest BCUT2D eigenvalue weighted by atomic mass is 9.90. The van der Waals surface area contributed by atoms with Crippen LogP contribution in [-0.4, -0.2) is 55.0 Å². The molecule has 2 N–H and O–H groups in total. The van der Waals surface area contributed by atoms with Gasteiger partial charge in [-0.25, -0.2) is 0 Å². The van der Waals surface area contributed by atoms with E-state index in [1.165, 1.54) is 32.1 Å². The first kappa shape index (κ1) is 14.8. The van der Waals surface area contributed by atoms with Crippen molar-refractivity contribution >= 4 is 5.91 Å². The van der Waals surface area contributed by atoms with Crippen LogP contribution in [0.1, 0.15) is 44.9 Å². The Morgan fingerprint density at radius 2 is 1.53 bits per heavy atom. The van der Waals surface area contributed by atoms with E-state index >= 15 is 0 Å². The Hall–Kier alpha value is -0.610. The summed E-state index contributed by atoms with van der Waals surface area (Å²) >= 11 is 0. The molecule has 0 unspecified atom stereocenters. The van der Waals surface area contributed by atoms with Crippen molar-refractivity contribution in [2.24, 2.45) is 11.7 Å². The molecule has 1 saturated carbocycles. The van der Waals surface area contributed by atoms with E-state index in [1.54, 1.807) is 0 Å². The smallest absolute Gasteiger partial charge is 0.225 e. The fourth-order valence-corrected chi connectivity index (χ4v) is 3.34. The van der Waals surface area contributed by atoms with Crippen molar-refractivity contribution in [1.29, 1.82) is 0 Å². The maximum Gasteiger partial charge on any atom is 0.225 e. The average molecular weight is 267 g/mol. The minimum Gasteiger partial charge on any atom is -0.340 e. The first-order valence-corrected chi connectivity index (χ1v) is 8.02. The zero-order chi connectivity index (χ0) is 13.5. The van der Waals surface area contributed by atoms with E-state index in [-0.39, 0.29) is 0 Å². The largest absolute Gasteiger partial charge is 0.340 e. The number of nitrogens with zero attached hydrogens (tertiary/aromatic N) is 2. The van der Waals surface area contributed by atoms with Crippen molar-refractivity contribution in [3.63, 3.8) is 0 Å². The molecule has 4 nitrogen and oxygen atoms in total. The third kappa shape index (κ3) is 4.46. The quantitative estimate of drug-likeness (QED) is 0.842. The Kier molecular flexibility index (Phi) is 6.11. The van der Waals surface area contributed by atoms with Gasteiger partial charge < -0.3 is 10.6 Å².